The maximum atomic E-state index is 12.2. The minimum atomic E-state index is -0.204. The van der Waals surface area contributed by atoms with E-state index in [4.69, 9.17) is 4.74 Å². The molecule has 0 atom stereocenters. The lowest BCUT2D eigenvalue weighted by molar-refractivity contribution is -0.120. The van der Waals surface area contributed by atoms with Gasteiger partial charge in [-0.25, -0.2) is 9.67 Å². The highest BCUT2D eigenvalue weighted by Gasteiger charge is 2.11. The van der Waals surface area contributed by atoms with Crippen molar-refractivity contribution in [2.75, 3.05) is 13.7 Å². The minimum absolute atomic E-state index is 0.119. The molecule has 146 valence electrons. The highest BCUT2D eigenvalue weighted by atomic mass is 32.1. The molecule has 0 unspecified atom stereocenters. The molecule has 1 aromatic carbocycles. The molecule has 1 amide bonds. The van der Waals surface area contributed by atoms with Crippen molar-refractivity contribution in [2.45, 2.75) is 26.8 Å². The van der Waals surface area contributed by atoms with E-state index < -0.39 is 0 Å². The number of hydrogen-bond donors (Lipinski definition) is 1. The molecule has 0 aliphatic rings. The number of carbonyl (C=O) groups is 1. The highest BCUT2D eigenvalue weighted by molar-refractivity contribution is 7.15. The van der Waals surface area contributed by atoms with Crippen LogP contribution in [0.1, 0.15) is 16.3 Å². The van der Waals surface area contributed by atoms with Gasteiger partial charge in [-0.2, -0.15) is 5.10 Å². The average Bonchev–Trinajstić information content (AvgIpc) is 3.01. The summed E-state index contributed by atoms with van der Waals surface area (Å²) in [6.07, 6.45) is 0.249. The molecule has 0 aliphatic carbocycles. The van der Waals surface area contributed by atoms with Gasteiger partial charge in [0.2, 0.25) is 5.91 Å². The van der Waals surface area contributed by atoms with E-state index in [-0.39, 0.29) is 17.9 Å². The van der Waals surface area contributed by atoms with Gasteiger partial charge in [0.1, 0.15) is 11.4 Å². The first-order valence-corrected chi connectivity index (χ1v) is 9.70. The number of thiazole rings is 1. The van der Waals surface area contributed by atoms with Crippen molar-refractivity contribution in [1.29, 1.82) is 0 Å². The number of amides is 1. The first-order chi connectivity index (χ1) is 13.5. The molecule has 0 saturated carbocycles. The lowest BCUT2D eigenvalue weighted by atomic mass is 10.1. The predicted molar refractivity (Wildman–Crippen MR) is 109 cm³/mol. The Balaban J connectivity index is 1.61. The van der Waals surface area contributed by atoms with E-state index in [9.17, 15) is 9.59 Å². The van der Waals surface area contributed by atoms with Crippen molar-refractivity contribution in [1.82, 2.24) is 20.1 Å². The topological polar surface area (TPSA) is 86.1 Å². The average molecular weight is 398 g/mol. The second-order valence-corrected chi connectivity index (χ2v) is 7.51. The number of hydrogen-bond acceptors (Lipinski definition) is 6. The van der Waals surface area contributed by atoms with Gasteiger partial charge >= 0.3 is 0 Å². The van der Waals surface area contributed by atoms with E-state index in [1.165, 1.54) is 10.7 Å². The van der Waals surface area contributed by atoms with E-state index >= 15 is 0 Å². The number of carbonyl (C=O) groups excluding carboxylic acids is 1. The number of aryl methyl sites for hydroxylation is 2. The number of nitrogens with one attached hydrogen (secondary N) is 1. The number of benzene rings is 1. The molecule has 0 fully saturated rings. The molecular formula is C20H22N4O3S. The zero-order valence-electron chi connectivity index (χ0n) is 16.1. The molecule has 0 radical (unpaired) electrons. The summed E-state index contributed by atoms with van der Waals surface area (Å²) >= 11 is 1.55. The van der Waals surface area contributed by atoms with Crippen LogP contribution in [-0.4, -0.2) is 34.3 Å². The van der Waals surface area contributed by atoms with Crippen LogP contribution in [0.3, 0.4) is 0 Å². The van der Waals surface area contributed by atoms with E-state index in [0.717, 1.165) is 21.1 Å². The quantitative estimate of drug-likeness (QED) is 0.660. The van der Waals surface area contributed by atoms with Crippen LogP contribution in [0.4, 0.5) is 0 Å². The first-order valence-electron chi connectivity index (χ1n) is 8.88. The summed E-state index contributed by atoms with van der Waals surface area (Å²) < 4.78 is 6.54. The lowest BCUT2D eigenvalue weighted by Gasteiger charge is -2.09. The monoisotopic (exact) mass is 398 g/mol. The molecule has 0 spiro atoms. The number of nitrogens with zero attached hydrogens (tertiary/aromatic N) is 3. The highest BCUT2D eigenvalue weighted by Crippen LogP contribution is 2.27. The SMILES string of the molecule is COc1cccc(CC(=O)NCCn2nc(-c3sc(C)nc3C)ccc2=O)c1. The number of ether oxygens (including phenoxy) is 1. The number of aromatic nitrogens is 3. The fourth-order valence-electron chi connectivity index (χ4n) is 2.83. The minimum Gasteiger partial charge on any atom is -0.497 e. The van der Waals surface area contributed by atoms with E-state index in [1.807, 2.05) is 38.1 Å². The molecule has 28 heavy (non-hydrogen) atoms. The van der Waals surface area contributed by atoms with Gasteiger partial charge in [0, 0.05) is 12.6 Å². The van der Waals surface area contributed by atoms with Crippen molar-refractivity contribution < 1.29 is 9.53 Å². The molecule has 0 bridgehead atoms. The van der Waals surface area contributed by atoms with E-state index in [0.29, 0.717) is 24.5 Å². The van der Waals surface area contributed by atoms with Crippen molar-refractivity contribution in [3.63, 3.8) is 0 Å². The molecule has 1 N–H and O–H groups in total. The van der Waals surface area contributed by atoms with Crippen molar-refractivity contribution in [2.24, 2.45) is 0 Å². The molecule has 3 rings (SSSR count). The summed E-state index contributed by atoms with van der Waals surface area (Å²) in [5.74, 6) is 0.595. The first kappa shape index (κ1) is 19.8. The maximum absolute atomic E-state index is 12.2. The van der Waals surface area contributed by atoms with Crippen LogP contribution >= 0.6 is 11.3 Å². The second-order valence-electron chi connectivity index (χ2n) is 6.31. The Hall–Kier alpha value is -3.00. The fourth-order valence-corrected chi connectivity index (χ4v) is 3.72. The third-order valence-corrected chi connectivity index (χ3v) is 5.24. The summed E-state index contributed by atoms with van der Waals surface area (Å²) in [7, 11) is 1.59. The van der Waals surface area contributed by atoms with Gasteiger partial charge in [-0.3, -0.25) is 9.59 Å². The summed E-state index contributed by atoms with van der Waals surface area (Å²) in [6, 6.07) is 10.6. The van der Waals surface area contributed by atoms with Crippen LogP contribution in [0.2, 0.25) is 0 Å². The lowest BCUT2D eigenvalue weighted by Crippen LogP contribution is -2.32. The number of rotatable bonds is 7. The largest absolute Gasteiger partial charge is 0.497 e. The maximum Gasteiger partial charge on any atom is 0.266 e. The zero-order valence-corrected chi connectivity index (χ0v) is 16.9. The van der Waals surface area contributed by atoms with Crippen molar-refractivity contribution in [3.8, 4) is 16.3 Å². The molecule has 0 saturated heterocycles. The smallest absolute Gasteiger partial charge is 0.266 e. The van der Waals surface area contributed by atoms with Crippen molar-refractivity contribution >= 4 is 17.2 Å². The Kier molecular flexibility index (Phi) is 6.20. The Morgan fingerprint density at radius 1 is 1.25 bits per heavy atom. The molecule has 3 aromatic rings. The summed E-state index contributed by atoms with van der Waals surface area (Å²) in [5.41, 5.74) is 2.27. The third kappa shape index (κ3) is 4.83. The van der Waals surface area contributed by atoms with Crippen LogP contribution in [0.25, 0.3) is 10.6 Å². The van der Waals surface area contributed by atoms with E-state index in [1.54, 1.807) is 24.5 Å². The Morgan fingerprint density at radius 3 is 2.79 bits per heavy atom. The van der Waals surface area contributed by atoms with Gasteiger partial charge < -0.3 is 10.1 Å². The third-order valence-electron chi connectivity index (χ3n) is 4.15. The standard InChI is InChI=1S/C20H22N4O3S/c1-13-20(28-14(2)22-13)17-7-8-19(26)24(23-17)10-9-21-18(25)12-15-5-4-6-16(11-15)27-3/h4-8,11H,9-10,12H2,1-3H3,(H,21,25). The Labute approximate surface area is 167 Å². The van der Waals surface area contributed by atoms with Crippen LogP contribution in [0, 0.1) is 13.8 Å². The van der Waals surface area contributed by atoms with Crippen LogP contribution in [-0.2, 0) is 17.8 Å². The summed E-state index contributed by atoms with van der Waals surface area (Å²) in [5, 5.41) is 8.21. The normalized spacial score (nSPS) is 10.7. The van der Waals surface area contributed by atoms with Gasteiger partial charge in [-0.05, 0) is 37.6 Å². The van der Waals surface area contributed by atoms with Gasteiger partial charge in [-0.1, -0.05) is 12.1 Å². The van der Waals surface area contributed by atoms with Gasteiger partial charge in [-0.15, -0.1) is 11.3 Å². The fraction of sp³-hybridized carbons (Fsp3) is 0.300. The molecular weight excluding hydrogens is 376 g/mol. The molecule has 2 aromatic heterocycles. The predicted octanol–water partition coefficient (Wildman–Crippen LogP) is 2.35. The van der Waals surface area contributed by atoms with Crippen molar-refractivity contribution in [3.05, 3.63) is 63.0 Å². The Bertz CT molecular complexity index is 1040. The van der Waals surface area contributed by atoms with Crippen LogP contribution < -0.4 is 15.6 Å². The molecule has 7 nitrogen and oxygen atoms in total. The Morgan fingerprint density at radius 2 is 2.07 bits per heavy atom. The van der Waals surface area contributed by atoms with Gasteiger partial charge in [0.05, 0.1) is 35.7 Å². The second kappa shape index (κ2) is 8.79. The van der Waals surface area contributed by atoms with Gasteiger partial charge in [0.25, 0.3) is 5.56 Å². The van der Waals surface area contributed by atoms with Gasteiger partial charge in [0.15, 0.2) is 0 Å². The summed E-state index contributed by atoms with van der Waals surface area (Å²) in [4.78, 5) is 29.6. The molecule has 0 aliphatic heterocycles. The number of methoxy groups -OCH3 is 1. The molecule has 8 heteroatoms. The zero-order chi connectivity index (χ0) is 20.1. The van der Waals surface area contributed by atoms with E-state index in [2.05, 4.69) is 15.4 Å². The molecule has 2 heterocycles. The summed E-state index contributed by atoms with van der Waals surface area (Å²) in [6.45, 7) is 4.48. The van der Waals surface area contributed by atoms with Crippen LogP contribution in [0.5, 0.6) is 5.75 Å². The van der Waals surface area contributed by atoms with Crippen LogP contribution in [0.15, 0.2) is 41.2 Å².